The van der Waals surface area contributed by atoms with Crippen molar-refractivity contribution >= 4 is 5.91 Å². The van der Waals surface area contributed by atoms with Crippen molar-refractivity contribution < 1.29 is 14.3 Å². The summed E-state index contributed by atoms with van der Waals surface area (Å²) < 4.78 is 11.3. The Hall–Kier alpha value is -4.10. The quantitative estimate of drug-likeness (QED) is 0.360. The lowest BCUT2D eigenvalue weighted by Gasteiger charge is -2.39. The fourth-order valence-electron chi connectivity index (χ4n) is 4.52. The van der Waals surface area contributed by atoms with Crippen LogP contribution in [0.2, 0.25) is 0 Å². The van der Waals surface area contributed by atoms with Crippen LogP contribution in [0.25, 0.3) is 11.1 Å². The Morgan fingerprint density at radius 1 is 0.914 bits per heavy atom. The number of benzene rings is 3. The first-order valence-corrected chi connectivity index (χ1v) is 11.7. The van der Waals surface area contributed by atoms with Gasteiger partial charge in [0.05, 0.1) is 18.8 Å². The molecule has 3 aromatic carbocycles. The smallest absolute Gasteiger partial charge is 0.251 e. The molecule has 1 aliphatic rings. The van der Waals surface area contributed by atoms with Crippen LogP contribution in [-0.4, -0.2) is 36.3 Å². The lowest BCUT2D eigenvalue weighted by molar-refractivity contribution is 0.0872. The third-order valence-corrected chi connectivity index (χ3v) is 6.49. The molecule has 1 aliphatic heterocycles. The Morgan fingerprint density at radius 2 is 1.63 bits per heavy atom. The van der Waals surface area contributed by atoms with Gasteiger partial charge in [-0.3, -0.25) is 9.89 Å². The molecule has 1 fully saturated rings. The Kier molecular flexibility index (Phi) is 6.50. The lowest BCUT2D eigenvalue weighted by Crippen LogP contribution is -2.52. The molecule has 0 atom stereocenters. The van der Waals surface area contributed by atoms with E-state index >= 15 is 0 Å². The van der Waals surface area contributed by atoms with Crippen LogP contribution in [0.3, 0.4) is 0 Å². The van der Waals surface area contributed by atoms with Crippen molar-refractivity contribution in [1.29, 1.82) is 0 Å². The minimum Gasteiger partial charge on any atom is -0.493 e. The molecule has 1 amide bonds. The zero-order valence-electron chi connectivity index (χ0n) is 19.6. The maximum absolute atomic E-state index is 13.3. The Morgan fingerprint density at radius 3 is 2.29 bits per heavy atom. The van der Waals surface area contributed by atoms with Crippen molar-refractivity contribution in [2.75, 3.05) is 20.2 Å². The first-order valence-electron chi connectivity index (χ1n) is 11.7. The van der Waals surface area contributed by atoms with Gasteiger partial charge in [0.1, 0.15) is 5.75 Å². The SMILES string of the molecule is COc1ccccc1Oc1ccc(C(=O)NC2(c3ccc(-c4cn[nH]c4)cc3)CCNCC2)cc1. The van der Waals surface area contributed by atoms with Gasteiger partial charge in [-0.15, -0.1) is 0 Å². The van der Waals surface area contributed by atoms with Crippen LogP contribution in [0, 0.1) is 0 Å². The number of carbonyl (C=O) groups is 1. The molecule has 2 heterocycles. The highest BCUT2D eigenvalue weighted by Gasteiger charge is 2.35. The second kappa shape index (κ2) is 10.0. The Bertz CT molecular complexity index is 1260. The zero-order valence-corrected chi connectivity index (χ0v) is 19.6. The summed E-state index contributed by atoms with van der Waals surface area (Å²) in [6.45, 7) is 1.69. The highest BCUT2D eigenvalue weighted by atomic mass is 16.5. The lowest BCUT2D eigenvalue weighted by atomic mass is 9.80. The third kappa shape index (κ3) is 4.90. The van der Waals surface area contributed by atoms with Crippen LogP contribution in [-0.2, 0) is 5.54 Å². The molecule has 4 aromatic rings. The molecule has 0 aliphatic carbocycles. The van der Waals surface area contributed by atoms with E-state index in [0.717, 1.165) is 42.6 Å². The van der Waals surface area contributed by atoms with Gasteiger partial charge >= 0.3 is 0 Å². The van der Waals surface area contributed by atoms with Gasteiger partial charge < -0.3 is 20.1 Å². The summed E-state index contributed by atoms with van der Waals surface area (Å²) in [5.41, 5.74) is 3.39. The summed E-state index contributed by atoms with van der Waals surface area (Å²) in [4.78, 5) is 13.3. The van der Waals surface area contributed by atoms with Gasteiger partial charge in [-0.2, -0.15) is 5.10 Å². The van der Waals surface area contributed by atoms with E-state index in [1.807, 2.05) is 30.5 Å². The molecule has 5 rings (SSSR count). The molecule has 3 N–H and O–H groups in total. The first-order chi connectivity index (χ1) is 17.2. The van der Waals surface area contributed by atoms with Crippen molar-refractivity contribution in [2.24, 2.45) is 0 Å². The predicted molar refractivity (Wildman–Crippen MR) is 135 cm³/mol. The molecule has 0 bridgehead atoms. The van der Waals surface area contributed by atoms with Gasteiger partial charge in [0.15, 0.2) is 11.5 Å². The van der Waals surface area contributed by atoms with E-state index in [4.69, 9.17) is 9.47 Å². The first kappa shape index (κ1) is 22.7. The molecular weight excluding hydrogens is 440 g/mol. The van der Waals surface area contributed by atoms with Crippen LogP contribution in [0.5, 0.6) is 17.2 Å². The number of amides is 1. The summed E-state index contributed by atoms with van der Waals surface area (Å²) in [5, 5.41) is 13.6. The van der Waals surface area contributed by atoms with Crippen LogP contribution >= 0.6 is 0 Å². The van der Waals surface area contributed by atoms with Crippen molar-refractivity contribution in [1.82, 2.24) is 20.8 Å². The monoisotopic (exact) mass is 468 g/mol. The number of aromatic nitrogens is 2. The molecule has 7 heteroatoms. The van der Waals surface area contributed by atoms with Crippen LogP contribution in [0.4, 0.5) is 0 Å². The van der Waals surface area contributed by atoms with E-state index in [9.17, 15) is 4.79 Å². The second-order valence-electron chi connectivity index (χ2n) is 8.63. The Balaban J connectivity index is 1.33. The molecule has 1 aromatic heterocycles. The highest BCUT2D eigenvalue weighted by molar-refractivity contribution is 5.95. The van der Waals surface area contributed by atoms with Crippen molar-refractivity contribution in [3.63, 3.8) is 0 Å². The van der Waals surface area contributed by atoms with E-state index in [2.05, 4.69) is 45.1 Å². The van der Waals surface area contributed by atoms with E-state index in [-0.39, 0.29) is 5.91 Å². The Labute approximate surface area is 204 Å². The standard InChI is InChI=1S/C28H28N4O3/c1-34-25-4-2-3-5-26(25)35-24-12-8-21(9-13-24)27(33)32-28(14-16-29-17-15-28)23-10-6-20(7-11-23)22-18-30-31-19-22/h2-13,18-19,29H,14-17H2,1H3,(H,30,31)(H,32,33). The number of hydrogen-bond donors (Lipinski definition) is 3. The summed E-state index contributed by atoms with van der Waals surface area (Å²) in [6.07, 6.45) is 5.31. The maximum atomic E-state index is 13.3. The molecule has 7 nitrogen and oxygen atoms in total. The number of carbonyl (C=O) groups excluding carboxylic acids is 1. The molecule has 0 unspecified atom stereocenters. The number of ether oxygens (including phenoxy) is 2. The van der Waals surface area contributed by atoms with E-state index < -0.39 is 5.54 Å². The zero-order chi connectivity index (χ0) is 24.1. The number of para-hydroxylation sites is 2. The van der Waals surface area contributed by atoms with Gasteiger partial charge in [-0.25, -0.2) is 0 Å². The summed E-state index contributed by atoms with van der Waals surface area (Å²) >= 11 is 0. The normalized spacial score (nSPS) is 14.8. The number of H-pyrrole nitrogens is 1. The number of piperidine rings is 1. The molecule has 35 heavy (non-hydrogen) atoms. The second-order valence-corrected chi connectivity index (χ2v) is 8.63. The van der Waals surface area contributed by atoms with Crippen LogP contribution in [0.15, 0.2) is 85.2 Å². The van der Waals surface area contributed by atoms with Crippen molar-refractivity contribution in [3.05, 3.63) is 96.3 Å². The highest BCUT2D eigenvalue weighted by Crippen LogP contribution is 2.34. The summed E-state index contributed by atoms with van der Waals surface area (Å²) in [7, 11) is 1.61. The fraction of sp³-hybridized carbons (Fsp3) is 0.214. The van der Waals surface area contributed by atoms with E-state index in [1.54, 1.807) is 37.6 Å². The topological polar surface area (TPSA) is 88.3 Å². The molecule has 0 radical (unpaired) electrons. The van der Waals surface area contributed by atoms with Crippen molar-refractivity contribution in [3.8, 4) is 28.4 Å². The summed E-state index contributed by atoms with van der Waals surface area (Å²) in [6, 6.07) is 23.0. The van der Waals surface area contributed by atoms with Gasteiger partial charge in [0.25, 0.3) is 5.91 Å². The molecular formula is C28H28N4O3. The largest absolute Gasteiger partial charge is 0.493 e. The van der Waals surface area contributed by atoms with Gasteiger partial charge in [-0.1, -0.05) is 36.4 Å². The average molecular weight is 469 g/mol. The van der Waals surface area contributed by atoms with E-state index in [0.29, 0.717) is 22.8 Å². The average Bonchev–Trinajstić information content (AvgIpc) is 3.45. The number of nitrogens with one attached hydrogen (secondary N) is 3. The van der Waals surface area contributed by atoms with Crippen LogP contribution < -0.4 is 20.1 Å². The molecule has 178 valence electrons. The predicted octanol–water partition coefficient (Wildman–Crippen LogP) is 4.89. The molecule has 1 saturated heterocycles. The molecule has 0 spiro atoms. The number of methoxy groups -OCH3 is 1. The summed E-state index contributed by atoms with van der Waals surface area (Å²) in [5.74, 6) is 1.81. The third-order valence-electron chi connectivity index (χ3n) is 6.49. The fourth-order valence-corrected chi connectivity index (χ4v) is 4.52. The van der Waals surface area contributed by atoms with E-state index in [1.165, 1.54) is 0 Å². The number of aromatic amines is 1. The van der Waals surface area contributed by atoms with Gasteiger partial charge in [0.2, 0.25) is 0 Å². The number of rotatable bonds is 7. The molecule has 0 saturated carbocycles. The van der Waals surface area contributed by atoms with Gasteiger partial charge in [-0.05, 0) is 73.5 Å². The minimum atomic E-state index is -0.427. The van der Waals surface area contributed by atoms with Crippen molar-refractivity contribution in [2.45, 2.75) is 18.4 Å². The number of nitrogens with zero attached hydrogens (tertiary/aromatic N) is 1. The minimum absolute atomic E-state index is 0.102. The van der Waals surface area contributed by atoms with Crippen LogP contribution in [0.1, 0.15) is 28.8 Å². The number of hydrogen-bond acceptors (Lipinski definition) is 5. The van der Waals surface area contributed by atoms with Gasteiger partial charge in [0, 0.05) is 17.3 Å². The maximum Gasteiger partial charge on any atom is 0.251 e.